The van der Waals surface area contributed by atoms with Crippen molar-refractivity contribution in [1.29, 1.82) is 0 Å². The molecule has 0 amide bonds. The molecule has 7 heteroatoms. The first-order valence-corrected chi connectivity index (χ1v) is 8.11. The van der Waals surface area contributed by atoms with Crippen LogP contribution >= 0.6 is 0 Å². The Balaban J connectivity index is 2.06. The summed E-state index contributed by atoms with van der Waals surface area (Å²) in [6.45, 7) is 4.95. The molecule has 0 saturated carbocycles. The second kappa shape index (κ2) is 6.53. The van der Waals surface area contributed by atoms with Crippen molar-refractivity contribution in [1.82, 2.24) is 10.2 Å². The molecule has 0 fully saturated rings. The minimum Gasteiger partial charge on any atom is -0.368 e. The molecule has 1 heterocycles. The quantitative estimate of drug-likeness (QED) is 0.856. The molecule has 2 rings (SSSR count). The summed E-state index contributed by atoms with van der Waals surface area (Å²) in [6.07, 6.45) is 0. The summed E-state index contributed by atoms with van der Waals surface area (Å²) in [5.41, 5.74) is 0. The Labute approximate surface area is 124 Å². The number of anilines is 2. The summed E-state index contributed by atoms with van der Waals surface area (Å²) < 4.78 is 26.6. The van der Waals surface area contributed by atoms with Crippen molar-refractivity contribution in [2.75, 3.05) is 16.6 Å². The highest BCUT2D eigenvalue weighted by Gasteiger charge is 2.14. The second-order valence-corrected chi connectivity index (χ2v) is 6.68. The van der Waals surface area contributed by atoms with Crippen molar-refractivity contribution in [3.8, 4) is 0 Å². The van der Waals surface area contributed by atoms with Gasteiger partial charge >= 0.3 is 0 Å². The lowest BCUT2D eigenvalue weighted by Crippen LogP contribution is -2.15. The minimum atomic E-state index is -3.62. The van der Waals surface area contributed by atoms with Gasteiger partial charge in [-0.15, -0.1) is 10.2 Å². The number of nitrogens with one attached hydrogen (secondary N) is 2. The van der Waals surface area contributed by atoms with Gasteiger partial charge in [0.1, 0.15) is 5.82 Å². The molecule has 0 unspecified atom stereocenters. The fraction of sp³-hybridized carbons (Fsp3) is 0.286. The van der Waals surface area contributed by atoms with Gasteiger partial charge in [0.05, 0.1) is 4.90 Å². The molecule has 1 aromatic heterocycles. The average molecular weight is 306 g/mol. The average Bonchev–Trinajstić information content (AvgIpc) is 2.47. The summed E-state index contributed by atoms with van der Waals surface area (Å²) in [5.74, 6) is 1.29. The highest BCUT2D eigenvalue weighted by Crippen LogP contribution is 2.14. The zero-order valence-corrected chi connectivity index (χ0v) is 12.8. The number of aromatic nitrogens is 2. The summed E-state index contributed by atoms with van der Waals surface area (Å²) in [5, 5.41) is 10.9. The zero-order chi connectivity index (χ0) is 15.3. The molecule has 0 bridgehead atoms. The third-order valence-electron chi connectivity index (χ3n) is 2.65. The highest BCUT2D eigenvalue weighted by atomic mass is 32.2. The normalized spacial score (nSPS) is 11.4. The summed E-state index contributed by atoms with van der Waals surface area (Å²) in [4.78, 5) is 0.189. The molecule has 0 aliphatic rings. The van der Waals surface area contributed by atoms with Gasteiger partial charge < -0.3 is 5.32 Å². The second-order valence-electron chi connectivity index (χ2n) is 5.00. The predicted octanol–water partition coefficient (Wildman–Crippen LogP) is 2.35. The maximum Gasteiger partial charge on any atom is 0.263 e. The van der Waals surface area contributed by atoms with E-state index in [1.165, 1.54) is 12.1 Å². The van der Waals surface area contributed by atoms with Gasteiger partial charge in [0.15, 0.2) is 5.82 Å². The topological polar surface area (TPSA) is 84.0 Å². The molecule has 0 aliphatic carbocycles. The van der Waals surface area contributed by atoms with E-state index in [1.54, 1.807) is 30.3 Å². The van der Waals surface area contributed by atoms with E-state index in [0.29, 0.717) is 11.7 Å². The third kappa shape index (κ3) is 4.42. The molecule has 0 aliphatic heterocycles. The van der Waals surface area contributed by atoms with Crippen LogP contribution < -0.4 is 10.0 Å². The lowest BCUT2D eigenvalue weighted by molar-refractivity contribution is 0.601. The Morgan fingerprint density at radius 2 is 1.62 bits per heavy atom. The van der Waals surface area contributed by atoms with Crippen LogP contribution in [0.2, 0.25) is 0 Å². The SMILES string of the molecule is CC(C)CNc1ccc(NS(=O)(=O)c2ccccc2)nn1. The molecule has 112 valence electrons. The summed E-state index contributed by atoms with van der Waals surface area (Å²) >= 11 is 0. The van der Waals surface area contributed by atoms with E-state index in [0.717, 1.165) is 6.54 Å². The Bertz CT molecular complexity index is 670. The number of hydrogen-bond acceptors (Lipinski definition) is 5. The molecule has 6 nitrogen and oxygen atoms in total. The van der Waals surface area contributed by atoms with Crippen LogP contribution in [0.1, 0.15) is 13.8 Å². The zero-order valence-electron chi connectivity index (χ0n) is 11.9. The number of rotatable bonds is 6. The number of benzene rings is 1. The Kier molecular flexibility index (Phi) is 4.74. The lowest BCUT2D eigenvalue weighted by Gasteiger charge is -2.09. The van der Waals surface area contributed by atoms with Gasteiger partial charge in [0.25, 0.3) is 10.0 Å². The monoisotopic (exact) mass is 306 g/mol. The van der Waals surface area contributed by atoms with E-state index in [-0.39, 0.29) is 10.7 Å². The summed E-state index contributed by atoms with van der Waals surface area (Å²) in [6, 6.07) is 11.4. The van der Waals surface area contributed by atoms with Crippen molar-refractivity contribution in [2.24, 2.45) is 5.92 Å². The van der Waals surface area contributed by atoms with Crippen molar-refractivity contribution in [3.05, 3.63) is 42.5 Å². The van der Waals surface area contributed by atoms with Crippen molar-refractivity contribution in [3.63, 3.8) is 0 Å². The standard InChI is InChI=1S/C14H18N4O2S/c1-11(2)10-15-13-8-9-14(17-16-13)18-21(19,20)12-6-4-3-5-7-12/h3-9,11H,10H2,1-2H3,(H,15,16)(H,17,18). The molecule has 0 atom stereocenters. The van der Waals surface area contributed by atoms with E-state index in [2.05, 4.69) is 34.1 Å². The van der Waals surface area contributed by atoms with Crippen molar-refractivity contribution >= 4 is 21.7 Å². The first-order valence-electron chi connectivity index (χ1n) is 6.63. The minimum absolute atomic E-state index is 0.189. The Hall–Kier alpha value is -2.15. The predicted molar refractivity (Wildman–Crippen MR) is 82.6 cm³/mol. The van der Waals surface area contributed by atoms with E-state index < -0.39 is 10.0 Å². The first kappa shape index (κ1) is 15.2. The molecular weight excluding hydrogens is 288 g/mol. The van der Waals surface area contributed by atoms with E-state index in [9.17, 15) is 8.42 Å². The first-order chi connectivity index (χ1) is 9.97. The fourth-order valence-corrected chi connectivity index (χ4v) is 2.60. The van der Waals surface area contributed by atoms with Crippen LogP contribution in [0, 0.1) is 5.92 Å². The van der Waals surface area contributed by atoms with Gasteiger partial charge in [-0.1, -0.05) is 32.0 Å². The molecule has 0 saturated heterocycles. The lowest BCUT2D eigenvalue weighted by atomic mass is 10.2. The molecule has 0 radical (unpaired) electrons. The van der Waals surface area contributed by atoms with E-state index >= 15 is 0 Å². The Morgan fingerprint density at radius 3 is 2.19 bits per heavy atom. The van der Waals surface area contributed by atoms with Crippen LogP contribution in [0.4, 0.5) is 11.6 Å². The van der Waals surface area contributed by atoms with Crippen LogP contribution in [0.15, 0.2) is 47.4 Å². The van der Waals surface area contributed by atoms with Crippen LogP contribution in [0.3, 0.4) is 0 Å². The Morgan fingerprint density at radius 1 is 1.00 bits per heavy atom. The fourth-order valence-electron chi connectivity index (χ4n) is 1.59. The van der Waals surface area contributed by atoms with Crippen LogP contribution in [0.5, 0.6) is 0 Å². The van der Waals surface area contributed by atoms with Crippen LogP contribution in [-0.2, 0) is 10.0 Å². The molecule has 2 N–H and O–H groups in total. The van der Waals surface area contributed by atoms with Gasteiger partial charge in [0, 0.05) is 6.54 Å². The van der Waals surface area contributed by atoms with Gasteiger partial charge in [-0.25, -0.2) is 8.42 Å². The summed E-state index contributed by atoms with van der Waals surface area (Å²) in [7, 11) is -3.62. The maximum absolute atomic E-state index is 12.1. The van der Waals surface area contributed by atoms with Gasteiger partial charge in [0.2, 0.25) is 0 Å². The van der Waals surface area contributed by atoms with Crippen LogP contribution in [-0.4, -0.2) is 25.2 Å². The van der Waals surface area contributed by atoms with Crippen molar-refractivity contribution < 1.29 is 8.42 Å². The molecule has 0 spiro atoms. The number of hydrogen-bond donors (Lipinski definition) is 2. The molecular formula is C14H18N4O2S. The van der Waals surface area contributed by atoms with Crippen molar-refractivity contribution in [2.45, 2.75) is 18.7 Å². The molecule has 21 heavy (non-hydrogen) atoms. The largest absolute Gasteiger partial charge is 0.368 e. The third-order valence-corrected chi connectivity index (χ3v) is 4.02. The van der Waals surface area contributed by atoms with Gasteiger partial charge in [-0.05, 0) is 30.2 Å². The maximum atomic E-state index is 12.1. The van der Waals surface area contributed by atoms with Gasteiger partial charge in [-0.3, -0.25) is 4.72 Å². The van der Waals surface area contributed by atoms with Gasteiger partial charge in [-0.2, -0.15) is 0 Å². The molecule has 1 aromatic carbocycles. The van der Waals surface area contributed by atoms with Crippen LogP contribution in [0.25, 0.3) is 0 Å². The van der Waals surface area contributed by atoms with E-state index in [1.807, 2.05) is 0 Å². The number of sulfonamides is 1. The smallest absolute Gasteiger partial charge is 0.263 e. The highest BCUT2D eigenvalue weighted by molar-refractivity contribution is 7.92. The number of nitrogens with zero attached hydrogens (tertiary/aromatic N) is 2. The van der Waals surface area contributed by atoms with E-state index in [4.69, 9.17) is 0 Å². The molecule has 2 aromatic rings.